The molecule has 0 spiro atoms. The maximum atomic E-state index is 12.1. The lowest BCUT2D eigenvalue weighted by molar-refractivity contribution is 0.111. The van der Waals surface area contributed by atoms with Crippen LogP contribution in [0.15, 0.2) is 112 Å². The summed E-state index contributed by atoms with van der Waals surface area (Å²) in [7, 11) is 3.30. The zero-order valence-corrected chi connectivity index (χ0v) is 21.0. The average Bonchev–Trinajstić information content (AvgIpc) is 2.91. The van der Waals surface area contributed by atoms with Gasteiger partial charge in [-0.1, -0.05) is 31.3 Å². The topological polar surface area (TPSA) is 52.6 Å². The van der Waals surface area contributed by atoms with Crippen molar-refractivity contribution in [2.24, 2.45) is 0 Å². The van der Waals surface area contributed by atoms with Gasteiger partial charge in [-0.2, -0.15) is 0 Å². The van der Waals surface area contributed by atoms with Crippen LogP contribution in [0.1, 0.15) is 28.1 Å². The summed E-state index contributed by atoms with van der Waals surface area (Å²) in [5.41, 5.74) is 1.19. The number of methoxy groups -OCH3 is 2. The number of hydrogen-bond acceptors (Lipinski definition) is 6. The Kier molecular flexibility index (Phi) is 14.4. The summed E-state index contributed by atoms with van der Waals surface area (Å²) in [5.74, 6) is 1.40. The highest BCUT2D eigenvalue weighted by Crippen LogP contribution is 2.28. The summed E-state index contributed by atoms with van der Waals surface area (Å²) in [6.45, 7) is 0. The first-order valence-corrected chi connectivity index (χ1v) is 11.6. The second-order valence-corrected chi connectivity index (χ2v) is 8.50. The predicted molar refractivity (Wildman–Crippen MR) is 148 cm³/mol. The molecule has 4 aromatic carbocycles. The van der Waals surface area contributed by atoms with Gasteiger partial charge in [0.2, 0.25) is 0 Å². The number of halogens is 1. The van der Waals surface area contributed by atoms with Crippen LogP contribution in [-0.2, 0) is 0 Å². The van der Waals surface area contributed by atoms with Crippen LogP contribution in [0.2, 0.25) is 0 Å². The lowest BCUT2D eigenvalue weighted by Gasteiger charge is -2.03. The monoisotopic (exact) mass is 524 g/mol. The van der Waals surface area contributed by atoms with Crippen LogP contribution in [-0.4, -0.2) is 26.8 Å². The molecule has 0 amide bonds. The molecule has 0 aliphatic carbocycles. The predicted octanol–water partition coefficient (Wildman–Crippen LogP) is 7.92. The Morgan fingerprint density at radius 3 is 1.39 bits per heavy atom. The normalized spacial score (nSPS) is 9.22. The SMILES string of the molecule is C.COc1ccc(S)cc1.COc1ccc(Sc2ccc(C=O)cc2)cc1.O=Cc1ccc(F)cc1. The van der Waals surface area contributed by atoms with Crippen molar-refractivity contribution in [1.29, 1.82) is 0 Å². The highest BCUT2D eigenvalue weighted by molar-refractivity contribution is 7.99. The number of aldehydes is 2. The molecule has 4 rings (SSSR count). The van der Waals surface area contributed by atoms with Crippen LogP contribution in [0, 0.1) is 5.82 Å². The van der Waals surface area contributed by atoms with E-state index in [9.17, 15) is 14.0 Å². The van der Waals surface area contributed by atoms with E-state index in [4.69, 9.17) is 9.47 Å². The second kappa shape index (κ2) is 17.0. The fourth-order valence-electron chi connectivity index (χ4n) is 2.52. The molecule has 0 aliphatic heterocycles. The summed E-state index contributed by atoms with van der Waals surface area (Å²) in [5, 5.41) is 0. The number of rotatable bonds is 6. The van der Waals surface area contributed by atoms with Gasteiger partial charge in [0.15, 0.2) is 0 Å². The van der Waals surface area contributed by atoms with Crippen molar-refractivity contribution in [3.63, 3.8) is 0 Å². The molecule has 0 heterocycles. The third-order valence-corrected chi connectivity index (χ3v) is 5.70. The summed E-state index contributed by atoms with van der Waals surface area (Å²) in [6, 6.07) is 28.3. The van der Waals surface area contributed by atoms with Crippen molar-refractivity contribution in [3.05, 3.63) is 114 Å². The Bertz CT molecular complexity index is 1160. The van der Waals surface area contributed by atoms with Gasteiger partial charge in [-0.25, -0.2) is 4.39 Å². The molecule has 4 aromatic rings. The first kappa shape index (κ1) is 30.5. The lowest BCUT2D eigenvalue weighted by Crippen LogP contribution is -1.82. The number of ether oxygens (including phenoxy) is 2. The number of thiol groups is 1. The maximum Gasteiger partial charge on any atom is 0.150 e. The minimum Gasteiger partial charge on any atom is -0.497 e. The highest BCUT2D eigenvalue weighted by atomic mass is 32.2. The molecule has 0 aromatic heterocycles. The molecule has 0 radical (unpaired) electrons. The zero-order valence-electron chi connectivity index (χ0n) is 19.3. The van der Waals surface area contributed by atoms with Crippen molar-refractivity contribution in [2.45, 2.75) is 22.1 Å². The second-order valence-electron chi connectivity index (χ2n) is 6.83. The van der Waals surface area contributed by atoms with Crippen molar-refractivity contribution >= 4 is 37.0 Å². The third kappa shape index (κ3) is 11.3. The van der Waals surface area contributed by atoms with E-state index >= 15 is 0 Å². The van der Waals surface area contributed by atoms with Crippen LogP contribution in [0.5, 0.6) is 11.5 Å². The molecule has 36 heavy (non-hydrogen) atoms. The Morgan fingerprint density at radius 1 is 0.639 bits per heavy atom. The molecule has 0 saturated carbocycles. The van der Waals surface area contributed by atoms with Crippen LogP contribution in [0.25, 0.3) is 0 Å². The fraction of sp³-hybridized carbons (Fsp3) is 0.103. The van der Waals surface area contributed by atoms with Gasteiger partial charge in [0.1, 0.15) is 29.9 Å². The van der Waals surface area contributed by atoms with Gasteiger partial charge in [0.25, 0.3) is 0 Å². The Hall–Kier alpha value is -3.55. The van der Waals surface area contributed by atoms with Crippen molar-refractivity contribution in [3.8, 4) is 11.5 Å². The van der Waals surface area contributed by atoms with Gasteiger partial charge >= 0.3 is 0 Å². The van der Waals surface area contributed by atoms with Crippen LogP contribution < -0.4 is 9.47 Å². The van der Waals surface area contributed by atoms with E-state index in [1.165, 1.54) is 24.3 Å². The average molecular weight is 525 g/mol. The van der Waals surface area contributed by atoms with Gasteiger partial charge in [-0.05, 0) is 84.9 Å². The van der Waals surface area contributed by atoms with E-state index in [2.05, 4.69) is 12.6 Å². The molecule has 188 valence electrons. The van der Waals surface area contributed by atoms with Crippen LogP contribution in [0.3, 0.4) is 0 Å². The van der Waals surface area contributed by atoms with E-state index in [-0.39, 0.29) is 13.2 Å². The molecular weight excluding hydrogens is 495 g/mol. The smallest absolute Gasteiger partial charge is 0.150 e. The number of hydrogen-bond donors (Lipinski definition) is 1. The Labute approximate surface area is 221 Å². The highest BCUT2D eigenvalue weighted by Gasteiger charge is 1.98. The van der Waals surface area contributed by atoms with E-state index in [0.29, 0.717) is 17.4 Å². The van der Waals surface area contributed by atoms with Gasteiger partial charge in [0.05, 0.1) is 14.2 Å². The van der Waals surface area contributed by atoms with E-state index in [1.54, 1.807) is 26.0 Å². The standard InChI is InChI=1S/C14H12O2S.C7H5FO.C7H8OS.CH4/c1-16-12-4-8-14(9-5-12)17-13-6-2-11(10-15)3-7-13;8-7-3-1-6(5-9)2-4-7;1-8-6-2-4-7(9)5-3-6;/h2-10H,1H3;1-5H;2-5,9H,1H3;1H4. The molecule has 0 atom stereocenters. The Balaban J connectivity index is 0.000000291. The van der Waals surface area contributed by atoms with Crippen LogP contribution in [0.4, 0.5) is 4.39 Å². The first-order chi connectivity index (χ1) is 17.0. The summed E-state index contributed by atoms with van der Waals surface area (Å²) in [6.07, 6.45) is 1.53. The number of carbonyl (C=O) groups excluding carboxylic acids is 2. The zero-order chi connectivity index (χ0) is 25.5. The molecule has 0 saturated heterocycles. The van der Waals surface area contributed by atoms with E-state index in [1.807, 2.05) is 72.8 Å². The summed E-state index contributed by atoms with van der Waals surface area (Å²) in [4.78, 5) is 23.7. The molecule has 0 aliphatic rings. The minimum atomic E-state index is -0.319. The largest absolute Gasteiger partial charge is 0.497 e. The first-order valence-electron chi connectivity index (χ1n) is 10.4. The molecule has 0 bridgehead atoms. The van der Waals surface area contributed by atoms with Gasteiger partial charge in [0, 0.05) is 25.8 Å². The summed E-state index contributed by atoms with van der Waals surface area (Å²) < 4.78 is 22.1. The number of benzene rings is 4. The quantitative estimate of drug-likeness (QED) is 0.205. The lowest BCUT2D eigenvalue weighted by atomic mass is 10.2. The summed E-state index contributed by atoms with van der Waals surface area (Å²) >= 11 is 5.77. The maximum absolute atomic E-state index is 12.1. The van der Waals surface area contributed by atoms with E-state index in [0.717, 1.165) is 32.5 Å². The molecule has 4 nitrogen and oxygen atoms in total. The van der Waals surface area contributed by atoms with Crippen molar-refractivity contribution < 1.29 is 23.5 Å². The fourth-order valence-corrected chi connectivity index (χ4v) is 3.48. The Morgan fingerprint density at radius 2 is 1.00 bits per heavy atom. The van der Waals surface area contributed by atoms with Crippen molar-refractivity contribution in [1.82, 2.24) is 0 Å². The molecule has 0 fully saturated rings. The van der Waals surface area contributed by atoms with Crippen LogP contribution >= 0.6 is 24.4 Å². The molecular formula is C29H29FO4S2. The number of carbonyl (C=O) groups is 2. The van der Waals surface area contributed by atoms with Gasteiger partial charge in [-0.3, -0.25) is 9.59 Å². The van der Waals surface area contributed by atoms with E-state index < -0.39 is 0 Å². The minimum absolute atomic E-state index is 0. The third-order valence-electron chi connectivity index (χ3n) is 4.39. The molecule has 7 heteroatoms. The van der Waals surface area contributed by atoms with Crippen molar-refractivity contribution in [2.75, 3.05) is 14.2 Å². The van der Waals surface area contributed by atoms with Gasteiger partial charge < -0.3 is 9.47 Å². The molecule has 0 unspecified atom stereocenters. The van der Waals surface area contributed by atoms with Gasteiger partial charge in [-0.15, -0.1) is 12.6 Å². The molecule has 0 N–H and O–H groups in total.